The number of esters is 1. The Morgan fingerprint density at radius 2 is 1.82 bits per heavy atom. The predicted molar refractivity (Wildman–Crippen MR) is 105 cm³/mol. The zero-order valence-electron chi connectivity index (χ0n) is 15.5. The summed E-state index contributed by atoms with van der Waals surface area (Å²) >= 11 is 0. The summed E-state index contributed by atoms with van der Waals surface area (Å²) in [4.78, 5) is 31.3. The van der Waals surface area contributed by atoms with Crippen LogP contribution >= 0.6 is 0 Å². The Labute approximate surface area is 162 Å². The fourth-order valence-corrected chi connectivity index (χ4v) is 3.91. The fraction of sp³-hybridized carbons (Fsp3) is 0.250. The number of hydrogen-bond donors (Lipinski definition) is 1. The molecule has 0 aliphatic heterocycles. The van der Waals surface area contributed by atoms with Crippen molar-refractivity contribution >= 4 is 26.7 Å². The van der Waals surface area contributed by atoms with Gasteiger partial charge in [-0.3, -0.25) is 9.59 Å². The number of nitrogens with one attached hydrogen (secondary N) is 1. The van der Waals surface area contributed by atoms with Gasteiger partial charge in [0.1, 0.15) is 0 Å². The van der Waals surface area contributed by atoms with E-state index in [-0.39, 0.29) is 28.5 Å². The van der Waals surface area contributed by atoms with Crippen molar-refractivity contribution in [2.75, 3.05) is 5.75 Å². The number of nitrogens with zero attached hydrogens (tertiary/aromatic N) is 1. The van der Waals surface area contributed by atoms with Crippen LogP contribution in [0.3, 0.4) is 0 Å². The number of fused-ring (bicyclic) bond motifs is 1. The largest absolute Gasteiger partial charge is 0.454 e. The SMILES string of the molecule is Cc1ccc(S(=O)(=O)CCC(=O)O[C@@H](C)c2nc3ccccc3c(=O)[nH]2)cc1. The topological polar surface area (TPSA) is 106 Å². The molecular formula is C20H20N2O5S. The van der Waals surface area contributed by atoms with Crippen molar-refractivity contribution in [2.45, 2.75) is 31.3 Å². The van der Waals surface area contributed by atoms with Crippen molar-refractivity contribution in [1.82, 2.24) is 9.97 Å². The number of para-hydroxylation sites is 1. The molecule has 0 spiro atoms. The standard InChI is InChI=1S/C20H20N2O5S/c1-13-7-9-15(10-8-13)28(25,26)12-11-18(23)27-14(2)19-21-17-6-4-3-5-16(17)20(24)22-19/h3-10,14H,11-12H2,1-2H3,(H,21,22,24)/t14-/m0/s1. The van der Waals surface area contributed by atoms with Gasteiger partial charge in [0.2, 0.25) is 0 Å². The van der Waals surface area contributed by atoms with Crippen LogP contribution in [-0.2, 0) is 19.4 Å². The first-order valence-corrected chi connectivity index (χ1v) is 10.4. The van der Waals surface area contributed by atoms with Gasteiger partial charge in [-0.25, -0.2) is 13.4 Å². The molecule has 146 valence electrons. The normalized spacial score (nSPS) is 12.6. The lowest BCUT2D eigenvalue weighted by atomic mass is 10.2. The van der Waals surface area contributed by atoms with Gasteiger partial charge in [0.25, 0.3) is 5.56 Å². The minimum Gasteiger partial charge on any atom is -0.454 e. The monoisotopic (exact) mass is 400 g/mol. The van der Waals surface area contributed by atoms with Gasteiger partial charge in [-0.2, -0.15) is 0 Å². The van der Waals surface area contributed by atoms with E-state index in [1.165, 1.54) is 12.1 Å². The van der Waals surface area contributed by atoms with Crippen LogP contribution in [-0.4, -0.2) is 30.1 Å². The van der Waals surface area contributed by atoms with E-state index in [1.807, 2.05) is 6.92 Å². The average Bonchev–Trinajstić information content (AvgIpc) is 2.67. The van der Waals surface area contributed by atoms with Crippen LogP contribution in [0.15, 0.2) is 58.2 Å². The third-order valence-electron chi connectivity index (χ3n) is 4.28. The molecule has 0 amide bonds. The molecule has 1 aromatic heterocycles. The molecule has 2 aromatic carbocycles. The van der Waals surface area contributed by atoms with E-state index in [1.54, 1.807) is 43.3 Å². The zero-order valence-corrected chi connectivity index (χ0v) is 16.3. The number of hydrogen-bond acceptors (Lipinski definition) is 6. The van der Waals surface area contributed by atoms with Gasteiger partial charge in [0.15, 0.2) is 21.8 Å². The Morgan fingerprint density at radius 1 is 1.14 bits per heavy atom. The van der Waals surface area contributed by atoms with E-state index in [2.05, 4.69) is 9.97 Å². The van der Waals surface area contributed by atoms with Gasteiger partial charge in [0.05, 0.1) is 28.0 Å². The van der Waals surface area contributed by atoms with E-state index in [4.69, 9.17) is 4.74 Å². The molecule has 7 nitrogen and oxygen atoms in total. The summed E-state index contributed by atoms with van der Waals surface area (Å²) in [6.45, 7) is 3.43. The Balaban J connectivity index is 1.66. The third kappa shape index (κ3) is 4.45. The molecule has 1 atom stereocenters. The molecule has 0 saturated carbocycles. The number of aromatic nitrogens is 2. The number of aryl methyl sites for hydroxylation is 1. The molecular weight excluding hydrogens is 380 g/mol. The molecule has 8 heteroatoms. The van der Waals surface area contributed by atoms with Gasteiger partial charge in [-0.1, -0.05) is 29.8 Å². The van der Waals surface area contributed by atoms with Crippen LogP contribution in [0, 0.1) is 6.92 Å². The number of aromatic amines is 1. The number of H-pyrrole nitrogens is 1. The van der Waals surface area contributed by atoms with Crippen molar-refractivity contribution in [3.05, 3.63) is 70.3 Å². The number of carbonyl (C=O) groups is 1. The van der Waals surface area contributed by atoms with Crippen molar-refractivity contribution in [3.8, 4) is 0 Å². The van der Waals surface area contributed by atoms with Crippen LogP contribution in [0.4, 0.5) is 0 Å². The molecule has 3 aromatic rings. The number of sulfone groups is 1. The van der Waals surface area contributed by atoms with Gasteiger partial charge in [0, 0.05) is 0 Å². The van der Waals surface area contributed by atoms with Crippen LogP contribution in [0.25, 0.3) is 10.9 Å². The van der Waals surface area contributed by atoms with Crippen molar-refractivity contribution in [1.29, 1.82) is 0 Å². The predicted octanol–water partition coefficient (Wildman–Crippen LogP) is 2.70. The second-order valence-corrected chi connectivity index (χ2v) is 8.59. The molecule has 0 unspecified atom stereocenters. The first-order chi connectivity index (χ1) is 13.3. The molecule has 0 bridgehead atoms. The lowest BCUT2D eigenvalue weighted by molar-refractivity contribution is -0.148. The summed E-state index contributed by atoms with van der Waals surface area (Å²) in [7, 11) is -3.58. The summed E-state index contributed by atoms with van der Waals surface area (Å²) in [5.74, 6) is -0.832. The summed E-state index contributed by atoms with van der Waals surface area (Å²) in [6.07, 6.45) is -1.11. The minimum absolute atomic E-state index is 0.166. The van der Waals surface area contributed by atoms with Crippen LogP contribution in [0.1, 0.15) is 30.8 Å². The van der Waals surface area contributed by atoms with Crippen molar-refractivity contribution < 1.29 is 17.9 Å². The maximum Gasteiger partial charge on any atom is 0.307 e. The quantitative estimate of drug-likeness (QED) is 0.638. The zero-order chi connectivity index (χ0) is 20.3. The summed E-state index contributed by atoms with van der Waals surface area (Å²) in [6, 6.07) is 13.3. The summed E-state index contributed by atoms with van der Waals surface area (Å²) in [5, 5.41) is 0.439. The Hall–Kier alpha value is -3.00. The van der Waals surface area contributed by atoms with E-state index in [9.17, 15) is 18.0 Å². The smallest absolute Gasteiger partial charge is 0.307 e. The third-order valence-corrected chi connectivity index (χ3v) is 6.01. The van der Waals surface area contributed by atoms with E-state index in [0.29, 0.717) is 10.9 Å². The molecule has 0 saturated heterocycles. The molecule has 1 heterocycles. The lowest BCUT2D eigenvalue weighted by Gasteiger charge is -2.13. The van der Waals surface area contributed by atoms with E-state index in [0.717, 1.165) is 5.56 Å². The van der Waals surface area contributed by atoms with Gasteiger partial charge >= 0.3 is 5.97 Å². The lowest BCUT2D eigenvalue weighted by Crippen LogP contribution is -2.19. The molecule has 28 heavy (non-hydrogen) atoms. The van der Waals surface area contributed by atoms with Crippen LogP contribution in [0.5, 0.6) is 0 Å². The van der Waals surface area contributed by atoms with Crippen molar-refractivity contribution in [2.24, 2.45) is 0 Å². The van der Waals surface area contributed by atoms with Gasteiger partial charge in [-0.15, -0.1) is 0 Å². The summed E-state index contributed by atoms with van der Waals surface area (Å²) < 4.78 is 29.9. The van der Waals surface area contributed by atoms with E-state index < -0.39 is 21.9 Å². The highest BCUT2D eigenvalue weighted by molar-refractivity contribution is 7.91. The van der Waals surface area contributed by atoms with Crippen LogP contribution < -0.4 is 5.56 Å². The Bertz CT molecular complexity index is 1170. The number of carbonyl (C=O) groups excluding carboxylic acids is 1. The Morgan fingerprint density at radius 3 is 2.54 bits per heavy atom. The number of rotatable bonds is 6. The van der Waals surface area contributed by atoms with Crippen LogP contribution in [0.2, 0.25) is 0 Å². The molecule has 0 radical (unpaired) electrons. The molecule has 0 fully saturated rings. The first kappa shape index (κ1) is 19.8. The van der Waals surface area contributed by atoms with Crippen molar-refractivity contribution in [3.63, 3.8) is 0 Å². The number of ether oxygens (including phenoxy) is 1. The highest BCUT2D eigenvalue weighted by atomic mass is 32.2. The minimum atomic E-state index is -3.58. The molecule has 3 rings (SSSR count). The molecule has 0 aliphatic rings. The second-order valence-electron chi connectivity index (χ2n) is 6.48. The maximum atomic E-state index is 12.3. The summed E-state index contributed by atoms with van der Waals surface area (Å²) in [5.41, 5.74) is 1.11. The maximum absolute atomic E-state index is 12.3. The van der Waals surface area contributed by atoms with Gasteiger partial charge < -0.3 is 9.72 Å². The fourth-order valence-electron chi connectivity index (χ4n) is 2.69. The highest BCUT2D eigenvalue weighted by Crippen LogP contribution is 2.17. The average molecular weight is 400 g/mol. The van der Waals surface area contributed by atoms with E-state index >= 15 is 0 Å². The second kappa shape index (κ2) is 7.93. The first-order valence-electron chi connectivity index (χ1n) is 8.74. The number of benzene rings is 2. The highest BCUT2D eigenvalue weighted by Gasteiger charge is 2.20. The molecule has 1 N–H and O–H groups in total. The molecule has 0 aliphatic carbocycles. The van der Waals surface area contributed by atoms with Gasteiger partial charge in [-0.05, 0) is 38.1 Å². The Kier molecular flexibility index (Phi) is 5.60.